The molecule has 2 rings (SSSR count). The summed E-state index contributed by atoms with van der Waals surface area (Å²) in [5.41, 5.74) is 3.18. The van der Waals surface area contributed by atoms with Crippen LogP contribution in [-0.2, 0) is 9.59 Å². The second-order valence-electron chi connectivity index (χ2n) is 5.59. The molecule has 0 saturated carbocycles. The number of nitrogens with one attached hydrogen (secondary N) is 2. The molecule has 1 heterocycles. The number of rotatable bonds is 8. The van der Waals surface area contributed by atoms with Gasteiger partial charge in [0.05, 0.1) is 12.3 Å². The molecule has 0 radical (unpaired) electrons. The topological polar surface area (TPSA) is 97.1 Å². The zero-order chi connectivity index (χ0) is 18.2. The number of nitrogens with zero attached hydrogens (tertiary/aromatic N) is 2. The fourth-order valence-electron chi connectivity index (χ4n) is 1.94. The van der Waals surface area contributed by atoms with Crippen LogP contribution in [0.25, 0.3) is 11.5 Å². The van der Waals surface area contributed by atoms with Gasteiger partial charge < -0.3 is 15.1 Å². The Morgan fingerprint density at radius 3 is 2.64 bits per heavy atom. The molecule has 8 heteroatoms. The first-order valence-electron chi connectivity index (χ1n) is 8.07. The molecule has 25 heavy (non-hydrogen) atoms. The predicted molar refractivity (Wildman–Crippen MR) is 96.2 cm³/mol. The number of aryl methyl sites for hydroxylation is 2. The molecule has 0 aliphatic heterocycles. The Balaban J connectivity index is 1.82. The standard InChI is InChI=1S/C17H22N4O3S/c1-4-7-18-14(22)9-19-15(23)10-25-17-21-20-16(24-17)13-6-5-11(2)12(3)8-13/h5-6,8H,4,7,9-10H2,1-3H3,(H,18,22)(H,19,23). The molecule has 0 unspecified atom stereocenters. The lowest BCUT2D eigenvalue weighted by atomic mass is 10.1. The highest BCUT2D eigenvalue weighted by atomic mass is 32.2. The van der Waals surface area contributed by atoms with Gasteiger partial charge in [-0.3, -0.25) is 9.59 Å². The number of benzene rings is 1. The largest absolute Gasteiger partial charge is 0.411 e. The van der Waals surface area contributed by atoms with Crippen LogP contribution in [0.2, 0.25) is 0 Å². The van der Waals surface area contributed by atoms with Crippen molar-refractivity contribution >= 4 is 23.6 Å². The van der Waals surface area contributed by atoms with Gasteiger partial charge in [-0.25, -0.2) is 0 Å². The number of hydrogen-bond donors (Lipinski definition) is 2. The van der Waals surface area contributed by atoms with Crippen LogP contribution in [0.1, 0.15) is 24.5 Å². The third kappa shape index (κ3) is 5.90. The second-order valence-corrected chi connectivity index (χ2v) is 6.51. The monoisotopic (exact) mass is 362 g/mol. The number of aromatic nitrogens is 2. The molecule has 0 aliphatic rings. The lowest BCUT2D eigenvalue weighted by Crippen LogP contribution is -2.37. The summed E-state index contributed by atoms with van der Waals surface area (Å²) in [7, 11) is 0. The van der Waals surface area contributed by atoms with Crippen LogP contribution < -0.4 is 10.6 Å². The lowest BCUT2D eigenvalue weighted by molar-refractivity contribution is -0.124. The van der Waals surface area contributed by atoms with E-state index >= 15 is 0 Å². The van der Waals surface area contributed by atoms with Crippen LogP contribution in [0.5, 0.6) is 0 Å². The third-order valence-corrected chi connectivity index (χ3v) is 4.32. The van der Waals surface area contributed by atoms with Crippen molar-refractivity contribution in [1.82, 2.24) is 20.8 Å². The molecule has 0 aliphatic carbocycles. The van der Waals surface area contributed by atoms with Crippen LogP contribution in [-0.4, -0.2) is 40.9 Å². The summed E-state index contributed by atoms with van der Waals surface area (Å²) < 4.78 is 5.58. The van der Waals surface area contributed by atoms with Crippen molar-refractivity contribution in [3.63, 3.8) is 0 Å². The quantitative estimate of drug-likeness (QED) is 0.698. The van der Waals surface area contributed by atoms with Gasteiger partial charge in [-0.1, -0.05) is 24.8 Å². The van der Waals surface area contributed by atoms with Crippen LogP contribution in [0.15, 0.2) is 27.8 Å². The molecule has 7 nitrogen and oxygen atoms in total. The van der Waals surface area contributed by atoms with Crippen molar-refractivity contribution in [3.8, 4) is 11.5 Å². The molecule has 0 spiro atoms. The molecule has 134 valence electrons. The maximum absolute atomic E-state index is 11.8. The van der Waals surface area contributed by atoms with Gasteiger partial charge in [0.2, 0.25) is 17.7 Å². The molecule has 0 atom stereocenters. The zero-order valence-electron chi connectivity index (χ0n) is 14.6. The van der Waals surface area contributed by atoms with Crippen molar-refractivity contribution < 1.29 is 14.0 Å². The Morgan fingerprint density at radius 2 is 1.92 bits per heavy atom. The van der Waals surface area contributed by atoms with E-state index in [0.29, 0.717) is 17.7 Å². The van der Waals surface area contributed by atoms with Crippen LogP contribution in [0, 0.1) is 13.8 Å². The zero-order valence-corrected chi connectivity index (χ0v) is 15.4. The smallest absolute Gasteiger partial charge is 0.277 e. The van der Waals surface area contributed by atoms with Crippen molar-refractivity contribution in [3.05, 3.63) is 29.3 Å². The first-order chi connectivity index (χ1) is 12.0. The minimum absolute atomic E-state index is 0.0306. The number of carbonyl (C=O) groups is 2. The highest BCUT2D eigenvalue weighted by Crippen LogP contribution is 2.24. The van der Waals surface area contributed by atoms with Gasteiger partial charge in [0.15, 0.2) is 0 Å². The molecular formula is C17H22N4O3S. The van der Waals surface area contributed by atoms with E-state index in [-0.39, 0.29) is 24.1 Å². The van der Waals surface area contributed by atoms with Gasteiger partial charge in [0, 0.05) is 12.1 Å². The van der Waals surface area contributed by atoms with Gasteiger partial charge in [-0.05, 0) is 43.5 Å². The van der Waals surface area contributed by atoms with Gasteiger partial charge >= 0.3 is 0 Å². The maximum Gasteiger partial charge on any atom is 0.277 e. The van der Waals surface area contributed by atoms with E-state index in [9.17, 15) is 9.59 Å². The molecule has 1 aromatic heterocycles. The molecule has 0 fully saturated rings. The minimum Gasteiger partial charge on any atom is -0.411 e. The van der Waals surface area contributed by atoms with Gasteiger partial charge in [-0.15, -0.1) is 10.2 Å². The average molecular weight is 362 g/mol. The Morgan fingerprint density at radius 1 is 1.12 bits per heavy atom. The summed E-state index contributed by atoms with van der Waals surface area (Å²) in [4.78, 5) is 23.2. The Bertz CT molecular complexity index is 745. The van der Waals surface area contributed by atoms with E-state index in [1.165, 1.54) is 5.56 Å². The summed E-state index contributed by atoms with van der Waals surface area (Å²) in [6, 6.07) is 5.91. The van der Waals surface area contributed by atoms with Gasteiger partial charge in [0.1, 0.15) is 0 Å². The van der Waals surface area contributed by atoms with Crippen molar-refractivity contribution in [2.24, 2.45) is 0 Å². The summed E-state index contributed by atoms with van der Waals surface area (Å²) in [5.74, 6) is 0.0675. The molecule has 1 aromatic carbocycles. The van der Waals surface area contributed by atoms with Crippen molar-refractivity contribution in [2.75, 3.05) is 18.8 Å². The van der Waals surface area contributed by atoms with E-state index < -0.39 is 0 Å². The average Bonchev–Trinajstić information content (AvgIpc) is 3.07. The summed E-state index contributed by atoms with van der Waals surface area (Å²) in [6.07, 6.45) is 0.857. The molecule has 0 saturated heterocycles. The lowest BCUT2D eigenvalue weighted by Gasteiger charge is -2.04. The van der Waals surface area contributed by atoms with E-state index in [1.807, 2.05) is 39.0 Å². The summed E-state index contributed by atoms with van der Waals surface area (Å²) >= 11 is 1.14. The van der Waals surface area contributed by atoms with E-state index in [1.54, 1.807) is 0 Å². The summed E-state index contributed by atoms with van der Waals surface area (Å²) in [6.45, 7) is 6.59. The normalized spacial score (nSPS) is 10.5. The number of carbonyl (C=O) groups excluding carboxylic acids is 2. The molecular weight excluding hydrogens is 340 g/mol. The molecule has 2 N–H and O–H groups in total. The highest BCUT2D eigenvalue weighted by molar-refractivity contribution is 7.99. The third-order valence-electron chi connectivity index (χ3n) is 3.51. The fraction of sp³-hybridized carbons (Fsp3) is 0.412. The number of thioether (sulfide) groups is 1. The fourth-order valence-corrected chi connectivity index (χ4v) is 2.54. The van der Waals surface area contributed by atoms with E-state index in [4.69, 9.17) is 4.42 Å². The van der Waals surface area contributed by atoms with Gasteiger partial charge in [0.25, 0.3) is 5.22 Å². The summed E-state index contributed by atoms with van der Waals surface area (Å²) in [5, 5.41) is 13.5. The predicted octanol–water partition coefficient (Wildman–Crippen LogP) is 2.09. The molecule has 2 amide bonds. The Labute approximate surface area is 151 Å². The highest BCUT2D eigenvalue weighted by Gasteiger charge is 2.12. The van der Waals surface area contributed by atoms with E-state index in [0.717, 1.165) is 29.3 Å². The van der Waals surface area contributed by atoms with Gasteiger partial charge in [-0.2, -0.15) is 0 Å². The SMILES string of the molecule is CCCNC(=O)CNC(=O)CSc1nnc(-c2ccc(C)c(C)c2)o1. The Kier molecular flexibility index (Phi) is 7.00. The van der Waals surface area contributed by atoms with Crippen LogP contribution in [0.3, 0.4) is 0 Å². The Hall–Kier alpha value is -2.35. The van der Waals surface area contributed by atoms with Crippen LogP contribution >= 0.6 is 11.8 Å². The number of hydrogen-bond acceptors (Lipinski definition) is 6. The first-order valence-corrected chi connectivity index (χ1v) is 9.05. The van der Waals surface area contributed by atoms with E-state index in [2.05, 4.69) is 20.8 Å². The molecule has 0 bridgehead atoms. The first kappa shape index (κ1) is 19.0. The number of amides is 2. The molecule has 2 aromatic rings. The second kappa shape index (κ2) is 9.22. The van der Waals surface area contributed by atoms with Crippen LogP contribution in [0.4, 0.5) is 0 Å². The minimum atomic E-state index is -0.262. The van der Waals surface area contributed by atoms with Crippen molar-refractivity contribution in [2.45, 2.75) is 32.4 Å². The van der Waals surface area contributed by atoms with Crippen molar-refractivity contribution in [1.29, 1.82) is 0 Å². The maximum atomic E-state index is 11.8.